The standard InChI is InChI=1S/C17H19N5O/c1-11(2)22-17(18-12(3)20-22)14-10-21-8-9-23-15-7-5-4-6-13(15)16(21)19-14/h4-7,10-11H,8-9H2,1-3H3. The topological polar surface area (TPSA) is 57.8 Å². The Labute approximate surface area is 134 Å². The lowest BCUT2D eigenvalue weighted by Gasteiger charge is -2.07. The largest absolute Gasteiger partial charge is 0.491 e. The van der Waals surface area contributed by atoms with E-state index in [0.29, 0.717) is 6.61 Å². The van der Waals surface area contributed by atoms with Gasteiger partial charge in [-0.3, -0.25) is 0 Å². The van der Waals surface area contributed by atoms with Crippen LogP contribution in [0, 0.1) is 6.92 Å². The lowest BCUT2D eigenvalue weighted by atomic mass is 10.2. The summed E-state index contributed by atoms with van der Waals surface area (Å²) in [5.74, 6) is 3.38. The highest BCUT2D eigenvalue weighted by molar-refractivity contribution is 5.68. The van der Waals surface area contributed by atoms with E-state index in [1.54, 1.807) is 0 Å². The van der Waals surface area contributed by atoms with Crippen LogP contribution in [0.4, 0.5) is 0 Å². The van der Waals surface area contributed by atoms with Gasteiger partial charge in [0.15, 0.2) is 5.82 Å². The van der Waals surface area contributed by atoms with Crippen molar-refractivity contribution >= 4 is 0 Å². The zero-order chi connectivity index (χ0) is 16.0. The van der Waals surface area contributed by atoms with Crippen molar-refractivity contribution in [2.24, 2.45) is 0 Å². The van der Waals surface area contributed by atoms with E-state index < -0.39 is 0 Å². The van der Waals surface area contributed by atoms with Crippen molar-refractivity contribution in [1.82, 2.24) is 24.3 Å². The molecule has 23 heavy (non-hydrogen) atoms. The van der Waals surface area contributed by atoms with E-state index in [-0.39, 0.29) is 6.04 Å². The molecule has 0 saturated carbocycles. The molecule has 0 amide bonds. The molecular weight excluding hydrogens is 290 g/mol. The number of ether oxygens (including phenoxy) is 1. The van der Waals surface area contributed by atoms with E-state index in [9.17, 15) is 0 Å². The second-order valence-electron chi connectivity index (χ2n) is 6.01. The highest BCUT2D eigenvalue weighted by Crippen LogP contribution is 2.33. The third-order valence-corrected chi connectivity index (χ3v) is 3.95. The Morgan fingerprint density at radius 3 is 2.78 bits per heavy atom. The van der Waals surface area contributed by atoms with Gasteiger partial charge in [0.25, 0.3) is 0 Å². The molecule has 0 aliphatic carbocycles. The summed E-state index contributed by atoms with van der Waals surface area (Å²) in [6.07, 6.45) is 2.04. The summed E-state index contributed by atoms with van der Waals surface area (Å²) in [4.78, 5) is 9.41. The van der Waals surface area contributed by atoms with Crippen LogP contribution in [0.1, 0.15) is 25.7 Å². The van der Waals surface area contributed by atoms with Crippen molar-refractivity contribution in [2.75, 3.05) is 6.61 Å². The fraction of sp³-hybridized carbons (Fsp3) is 0.353. The molecule has 6 heteroatoms. The lowest BCUT2D eigenvalue weighted by Crippen LogP contribution is -2.06. The van der Waals surface area contributed by atoms with Gasteiger partial charge in [-0.05, 0) is 32.9 Å². The Morgan fingerprint density at radius 2 is 1.96 bits per heavy atom. The number of hydrogen-bond acceptors (Lipinski definition) is 4. The van der Waals surface area contributed by atoms with Gasteiger partial charge in [0, 0.05) is 12.2 Å². The van der Waals surface area contributed by atoms with Gasteiger partial charge in [0.05, 0.1) is 12.1 Å². The summed E-state index contributed by atoms with van der Waals surface area (Å²) in [7, 11) is 0. The molecule has 0 spiro atoms. The number of nitrogens with zero attached hydrogens (tertiary/aromatic N) is 5. The molecule has 3 heterocycles. The molecule has 118 valence electrons. The number of para-hydroxylation sites is 1. The summed E-state index contributed by atoms with van der Waals surface area (Å²) in [6, 6.07) is 8.26. The van der Waals surface area contributed by atoms with Crippen LogP contribution >= 0.6 is 0 Å². The van der Waals surface area contributed by atoms with E-state index in [2.05, 4.69) is 28.5 Å². The molecule has 3 aromatic rings. The summed E-state index contributed by atoms with van der Waals surface area (Å²) in [5, 5.41) is 4.49. The first kappa shape index (κ1) is 14.0. The molecule has 2 aromatic heterocycles. The minimum atomic E-state index is 0.239. The third-order valence-electron chi connectivity index (χ3n) is 3.95. The number of fused-ring (bicyclic) bond motifs is 3. The number of aromatic nitrogens is 5. The SMILES string of the molecule is Cc1nc(-c2cn3c(n2)-c2ccccc2OCC3)n(C(C)C)n1. The lowest BCUT2D eigenvalue weighted by molar-refractivity contribution is 0.306. The number of rotatable bonds is 2. The smallest absolute Gasteiger partial charge is 0.178 e. The molecule has 4 rings (SSSR count). The van der Waals surface area contributed by atoms with Crippen molar-refractivity contribution in [2.45, 2.75) is 33.4 Å². The van der Waals surface area contributed by atoms with Gasteiger partial charge in [0.2, 0.25) is 0 Å². The van der Waals surface area contributed by atoms with Crippen molar-refractivity contribution < 1.29 is 4.74 Å². The summed E-state index contributed by atoms with van der Waals surface area (Å²) >= 11 is 0. The molecule has 1 aliphatic rings. The predicted octanol–water partition coefficient (Wildman–Crippen LogP) is 3.09. The summed E-state index contributed by atoms with van der Waals surface area (Å²) in [6.45, 7) is 7.51. The van der Waals surface area contributed by atoms with Gasteiger partial charge >= 0.3 is 0 Å². The van der Waals surface area contributed by atoms with Crippen LogP contribution in [0.15, 0.2) is 30.5 Å². The fourth-order valence-electron chi connectivity index (χ4n) is 2.91. The third kappa shape index (κ3) is 2.30. The summed E-state index contributed by atoms with van der Waals surface area (Å²) < 4.78 is 9.87. The number of hydrogen-bond donors (Lipinski definition) is 0. The zero-order valence-electron chi connectivity index (χ0n) is 13.5. The van der Waals surface area contributed by atoms with E-state index in [0.717, 1.165) is 41.0 Å². The van der Waals surface area contributed by atoms with Crippen molar-refractivity contribution in [1.29, 1.82) is 0 Å². The first-order valence-corrected chi connectivity index (χ1v) is 7.86. The minimum absolute atomic E-state index is 0.239. The van der Waals surface area contributed by atoms with Gasteiger partial charge < -0.3 is 9.30 Å². The Bertz CT molecular complexity index is 862. The van der Waals surface area contributed by atoms with Crippen molar-refractivity contribution in [3.63, 3.8) is 0 Å². The second-order valence-corrected chi connectivity index (χ2v) is 6.01. The van der Waals surface area contributed by atoms with Gasteiger partial charge in [-0.15, -0.1) is 0 Å². The van der Waals surface area contributed by atoms with Gasteiger partial charge in [-0.2, -0.15) is 5.10 Å². The molecule has 0 atom stereocenters. The number of benzene rings is 1. The van der Waals surface area contributed by atoms with E-state index >= 15 is 0 Å². The maximum absolute atomic E-state index is 5.81. The fourth-order valence-corrected chi connectivity index (χ4v) is 2.91. The molecule has 0 bridgehead atoms. The average Bonchev–Trinajstić information content (AvgIpc) is 3.08. The highest BCUT2D eigenvalue weighted by Gasteiger charge is 2.21. The average molecular weight is 309 g/mol. The number of imidazole rings is 1. The molecule has 0 N–H and O–H groups in total. The quantitative estimate of drug-likeness (QED) is 0.730. The first-order valence-electron chi connectivity index (χ1n) is 7.86. The van der Waals surface area contributed by atoms with Gasteiger partial charge in [-0.1, -0.05) is 12.1 Å². The maximum Gasteiger partial charge on any atom is 0.178 e. The van der Waals surface area contributed by atoms with Crippen LogP contribution in [0.5, 0.6) is 5.75 Å². The van der Waals surface area contributed by atoms with E-state index in [4.69, 9.17) is 9.72 Å². The maximum atomic E-state index is 5.81. The Balaban J connectivity index is 1.87. The van der Waals surface area contributed by atoms with Gasteiger partial charge in [0.1, 0.15) is 29.7 Å². The molecule has 6 nitrogen and oxygen atoms in total. The van der Waals surface area contributed by atoms with Crippen molar-refractivity contribution in [3.8, 4) is 28.7 Å². The number of aryl methyl sites for hydroxylation is 1. The van der Waals surface area contributed by atoms with E-state index in [1.807, 2.05) is 42.1 Å². The minimum Gasteiger partial charge on any atom is -0.491 e. The molecule has 0 radical (unpaired) electrons. The molecule has 1 aliphatic heterocycles. The highest BCUT2D eigenvalue weighted by atomic mass is 16.5. The molecule has 0 unspecified atom stereocenters. The zero-order valence-corrected chi connectivity index (χ0v) is 13.5. The normalized spacial score (nSPS) is 13.4. The molecule has 0 saturated heterocycles. The van der Waals surface area contributed by atoms with Crippen LogP contribution in [-0.4, -0.2) is 30.9 Å². The van der Waals surface area contributed by atoms with Crippen LogP contribution in [-0.2, 0) is 6.54 Å². The van der Waals surface area contributed by atoms with Crippen LogP contribution in [0.3, 0.4) is 0 Å². The van der Waals surface area contributed by atoms with Gasteiger partial charge in [-0.25, -0.2) is 14.6 Å². The Morgan fingerprint density at radius 1 is 1.13 bits per heavy atom. The van der Waals surface area contributed by atoms with Crippen LogP contribution in [0.2, 0.25) is 0 Å². The summed E-state index contributed by atoms with van der Waals surface area (Å²) in [5.41, 5.74) is 1.87. The predicted molar refractivity (Wildman–Crippen MR) is 87.3 cm³/mol. The first-order chi connectivity index (χ1) is 11.1. The molecule has 0 fully saturated rings. The molecule has 1 aromatic carbocycles. The van der Waals surface area contributed by atoms with Crippen LogP contribution in [0.25, 0.3) is 22.9 Å². The molecular formula is C17H19N5O. The van der Waals surface area contributed by atoms with Crippen molar-refractivity contribution in [3.05, 3.63) is 36.3 Å². The Hall–Kier alpha value is -2.63. The monoisotopic (exact) mass is 309 g/mol. The van der Waals surface area contributed by atoms with Crippen LogP contribution < -0.4 is 4.74 Å². The second kappa shape index (κ2) is 5.22. The van der Waals surface area contributed by atoms with E-state index in [1.165, 1.54) is 0 Å². The Kier molecular flexibility index (Phi) is 3.18.